The molecule has 1 aromatic carbocycles. The first-order chi connectivity index (χ1) is 11.5. The number of aromatic nitrogens is 4. The molecule has 0 unspecified atom stereocenters. The zero-order valence-corrected chi connectivity index (χ0v) is 13.4. The molecule has 122 valence electrons. The van der Waals surface area contributed by atoms with Gasteiger partial charge in [0.2, 0.25) is 5.95 Å². The molecular weight excluding hydrogens is 310 g/mol. The van der Waals surface area contributed by atoms with E-state index in [1.807, 2.05) is 26.0 Å². The van der Waals surface area contributed by atoms with E-state index >= 15 is 0 Å². The van der Waals surface area contributed by atoms with Crippen molar-refractivity contribution in [1.29, 1.82) is 0 Å². The Bertz CT molecular complexity index is 1130. The molecular formula is C16H15N5O3. The standard InChI is InChI=1S/C16H15N5O3/c1-6-12(7(2)24-21-6)9-4-10-8(5-11(9)23-3)13-14(18-10)19-16(17)20-15(13)22/h4-5H,1-3H3,(H4,17,18,19,20,22). The Morgan fingerprint density at radius 2 is 2.04 bits per heavy atom. The minimum absolute atomic E-state index is 0.0666. The Morgan fingerprint density at radius 1 is 1.25 bits per heavy atom. The summed E-state index contributed by atoms with van der Waals surface area (Å²) >= 11 is 0. The van der Waals surface area contributed by atoms with Crippen molar-refractivity contribution in [2.45, 2.75) is 13.8 Å². The van der Waals surface area contributed by atoms with Gasteiger partial charge in [-0.2, -0.15) is 4.98 Å². The number of H-pyrrole nitrogens is 2. The average Bonchev–Trinajstić information content (AvgIpc) is 3.05. The molecule has 0 saturated carbocycles. The highest BCUT2D eigenvalue weighted by atomic mass is 16.5. The molecule has 0 atom stereocenters. The Kier molecular flexibility index (Phi) is 2.89. The number of anilines is 1. The minimum atomic E-state index is -0.295. The van der Waals surface area contributed by atoms with Gasteiger partial charge in [0, 0.05) is 16.5 Å². The van der Waals surface area contributed by atoms with E-state index in [0.717, 1.165) is 22.3 Å². The van der Waals surface area contributed by atoms with Crippen LogP contribution >= 0.6 is 0 Å². The first-order valence-corrected chi connectivity index (χ1v) is 7.32. The SMILES string of the molecule is COc1cc2c(cc1-c1c(C)noc1C)[nH]c1nc(N)[nH]c(=O)c12. The molecule has 8 nitrogen and oxygen atoms in total. The predicted molar refractivity (Wildman–Crippen MR) is 90.2 cm³/mol. The van der Waals surface area contributed by atoms with Gasteiger partial charge in [0.05, 0.1) is 23.8 Å². The molecule has 0 bridgehead atoms. The van der Waals surface area contributed by atoms with Gasteiger partial charge < -0.3 is 20.0 Å². The van der Waals surface area contributed by atoms with Crippen LogP contribution in [0.3, 0.4) is 0 Å². The number of nitrogens with zero attached hydrogens (tertiary/aromatic N) is 2. The lowest BCUT2D eigenvalue weighted by Gasteiger charge is -2.08. The minimum Gasteiger partial charge on any atom is -0.496 e. The molecule has 4 rings (SSSR count). The molecule has 0 aliphatic rings. The van der Waals surface area contributed by atoms with Gasteiger partial charge in [-0.1, -0.05) is 5.16 Å². The third kappa shape index (κ3) is 1.89. The van der Waals surface area contributed by atoms with Crippen LogP contribution in [0.25, 0.3) is 33.1 Å². The van der Waals surface area contributed by atoms with E-state index in [1.165, 1.54) is 0 Å². The van der Waals surface area contributed by atoms with Crippen LogP contribution in [-0.2, 0) is 0 Å². The number of aryl methyl sites for hydroxylation is 2. The van der Waals surface area contributed by atoms with E-state index in [9.17, 15) is 4.79 Å². The molecule has 4 N–H and O–H groups in total. The van der Waals surface area contributed by atoms with Crippen molar-refractivity contribution < 1.29 is 9.26 Å². The number of benzene rings is 1. The smallest absolute Gasteiger partial charge is 0.262 e. The molecule has 4 aromatic rings. The summed E-state index contributed by atoms with van der Waals surface area (Å²) in [6.07, 6.45) is 0. The first kappa shape index (κ1) is 14.3. The Hall–Kier alpha value is -3.29. The van der Waals surface area contributed by atoms with E-state index < -0.39 is 0 Å². The lowest BCUT2D eigenvalue weighted by molar-refractivity contribution is 0.393. The number of nitrogen functional groups attached to an aromatic ring is 1. The van der Waals surface area contributed by atoms with Gasteiger partial charge in [-0.25, -0.2) is 0 Å². The highest BCUT2D eigenvalue weighted by Gasteiger charge is 2.19. The normalized spacial score (nSPS) is 11.5. The topological polar surface area (TPSA) is 123 Å². The maximum Gasteiger partial charge on any atom is 0.262 e. The molecule has 0 saturated heterocycles. The fourth-order valence-corrected chi connectivity index (χ4v) is 3.08. The molecule has 0 amide bonds. The average molecular weight is 325 g/mol. The van der Waals surface area contributed by atoms with Gasteiger partial charge in [0.15, 0.2) is 0 Å². The molecule has 24 heavy (non-hydrogen) atoms. The van der Waals surface area contributed by atoms with Crippen molar-refractivity contribution in [2.24, 2.45) is 0 Å². The zero-order valence-electron chi connectivity index (χ0n) is 13.4. The molecule has 0 aliphatic heterocycles. The van der Waals surface area contributed by atoms with E-state index in [4.69, 9.17) is 15.0 Å². The number of hydrogen-bond donors (Lipinski definition) is 3. The van der Waals surface area contributed by atoms with Crippen LogP contribution in [0.2, 0.25) is 0 Å². The summed E-state index contributed by atoms with van der Waals surface area (Å²) < 4.78 is 10.8. The fraction of sp³-hybridized carbons (Fsp3) is 0.188. The van der Waals surface area contributed by atoms with E-state index in [-0.39, 0.29) is 11.5 Å². The fourth-order valence-electron chi connectivity index (χ4n) is 3.08. The Balaban J connectivity index is 2.12. The van der Waals surface area contributed by atoms with Crippen LogP contribution in [0.4, 0.5) is 5.95 Å². The molecule has 0 fully saturated rings. The van der Waals surface area contributed by atoms with E-state index in [2.05, 4.69) is 20.1 Å². The summed E-state index contributed by atoms with van der Waals surface area (Å²) in [5.74, 6) is 1.38. The third-order valence-electron chi connectivity index (χ3n) is 4.10. The lowest BCUT2D eigenvalue weighted by Crippen LogP contribution is -2.10. The number of ether oxygens (including phenoxy) is 1. The van der Waals surface area contributed by atoms with Crippen LogP contribution in [0.1, 0.15) is 11.5 Å². The number of methoxy groups -OCH3 is 1. The van der Waals surface area contributed by atoms with Gasteiger partial charge in [0.25, 0.3) is 5.56 Å². The number of nitrogens with one attached hydrogen (secondary N) is 2. The third-order valence-corrected chi connectivity index (χ3v) is 4.10. The molecule has 8 heteroatoms. The summed E-state index contributed by atoms with van der Waals surface area (Å²) in [6.45, 7) is 3.71. The van der Waals surface area contributed by atoms with Crippen LogP contribution in [0.15, 0.2) is 21.5 Å². The zero-order chi connectivity index (χ0) is 17.0. The van der Waals surface area contributed by atoms with Crippen LogP contribution in [0, 0.1) is 13.8 Å². The number of fused-ring (bicyclic) bond motifs is 3. The summed E-state index contributed by atoms with van der Waals surface area (Å²) in [4.78, 5) is 22.0. The van der Waals surface area contributed by atoms with Gasteiger partial charge in [-0.15, -0.1) is 0 Å². The largest absolute Gasteiger partial charge is 0.496 e. The van der Waals surface area contributed by atoms with Gasteiger partial charge in [0.1, 0.15) is 17.2 Å². The second kappa shape index (κ2) is 4.85. The van der Waals surface area contributed by atoms with Crippen LogP contribution in [0.5, 0.6) is 5.75 Å². The van der Waals surface area contributed by atoms with Crippen LogP contribution in [-0.4, -0.2) is 27.2 Å². The molecule has 0 radical (unpaired) electrons. The van der Waals surface area contributed by atoms with Crippen molar-refractivity contribution >= 4 is 27.9 Å². The van der Waals surface area contributed by atoms with E-state index in [0.29, 0.717) is 27.9 Å². The number of rotatable bonds is 2. The highest BCUT2D eigenvalue weighted by molar-refractivity contribution is 6.07. The molecule has 0 aliphatic carbocycles. The molecule has 3 aromatic heterocycles. The lowest BCUT2D eigenvalue weighted by atomic mass is 10.0. The van der Waals surface area contributed by atoms with Crippen molar-refractivity contribution in [2.75, 3.05) is 12.8 Å². The predicted octanol–water partition coefficient (Wildman–Crippen LogP) is 2.27. The van der Waals surface area contributed by atoms with Crippen LogP contribution < -0.4 is 16.0 Å². The monoisotopic (exact) mass is 325 g/mol. The maximum atomic E-state index is 12.2. The Labute approximate surface area is 135 Å². The maximum absolute atomic E-state index is 12.2. The molecule has 3 heterocycles. The summed E-state index contributed by atoms with van der Waals surface area (Å²) in [5.41, 5.74) is 8.98. The second-order valence-corrected chi connectivity index (χ2v) is 5.60. The highest BCUT2D eigenvalue weighted by Crippen LogP contribution is 2.38. The first-order valence-electron chi connectivity index (χ1n) is 7.32. The van der Waals surface area contributed by atoms with Crippen molar-refractivity contribution in [3.8, 4) is 16.9 Å². The van der Waals surface area contributed by atoms with Crippen molar-refractivity contribution in [3.05, 3.63) is 33.9 Å². The van der Waals surface area contributed by atoms with Gasteiger partial charge in [-0.3, -0.25) is 9.78 Å². The second-order valence-electron chi connectivity index (χ2n) is 5.60. The number of aromatic amines is 2. The Morgan fingerprint density at radius 3 is 2.71 bits per heavy atom. The van der Waals surface area contributed by atoms with E-state index in [1.54, 1.807) is 7.11 Å². The van der Waals surface area contributed by atoms with Gasteiger partial charge in [-0.05, 0) is 26.0 Å². The number of nitrogens with two attached hydrogens (primary N) is 1. The van der Waals surface area contributed by atoms with Gasteiger partial charge >= 0.3 is 0 Å². The number of hydrogen-bond acceptors (Lipinski definition) is 6. The summed E-state index contributed by atoms with van der Waals surface area (Å²) in [7, 11) is 1.58. The molecule has 0 spiro atoms. The quantitative estimate of drug-likeness (QED) is 0.519. The van der Waals surface area contributed by atoms with Crippen molar-refractivity contribution in [3.63, 3.8) is 0 Å². The van der Waals surface area contributed by atoms with Crippen molar-refractivity contribution in [1.82, 2.24) is 20.1 Å². The summed E-state index contributed by atoms with van der Waals surface area (Å²) in [6, 6.07) is 3.71. The summed E-state index contributed by atoms with van der Waals surface area (Å²) in [5, 5.41) is 5.15.